The van der Waals surface area contributed by atoms with Gasteiger partial charge in [-0.25, -0.2) is 15.0 Å². The topological polar surface area (TPSA) is 75.7 Å². The number of hydrogen-bond acceptors (Lipinski definition) is 5. The average Bonchev–Trinajstić information content (AvgIpc) is 3.07. The van der Waals surface area contributed by atoms with Crippen molar-refractivity contribution in [2.45, 2.75) is 50.9 Å². The zero-order valence-corrected chi connectivity index (χ0v) is 18.4. The first-order valence-electron chi connectivity index (χ1n) is 11.4. The highest BCUT2D eigenvalue weighted by Crippen LogP contribution is 2.32. The van der Waals surface area contributed by atoms with Crippen molar-refractivity contribution in [3.05, 3.63) is 55.0 Å². The molecule has 1 saturated carbocycles. The number of ether oxygens (including phenoxy) is 1. The standard InChI is InChI=1S/C25H24F3N5O/c26-25(27,28)34-19-9-7-16(8-10-19)17-13-20-21(15-31-23(20)30-14-17)22-11-12-29-24(33-22)32-18-5-3-1-2-4-6-18/h7-15,18H,1-6H2,(H,30,31)(H,29,32,33). The fourth-order valence-corrected chi connectivity index (χ4v) is 4.41. The number of nitrogens with one attached hydrogen (secondary N) is 2. The Bertz CT molecular complexity index is 1260. The van der Waals surface area contributed by atoms with Crippen LogP contribution in [0.1, 0.15) is 38.5 Å². The molecule has 6 nitrogen and oxygen atoms in total. The summed E-state index contributed by atoms with van der Waals surface area (Å²) in [6.07, 6.45) is 7.82. The van der Waals surface area contributed by atoms with E-state index in [0.29, 0.717) is 17.6 Å². The number of rotatable bonds is 5. The van der Waals surface area contributed by atoms with E-state index in [9.17, 15) is 13.2 Å². The van der Waals surface area contributed by atoms with Gasteiger partial charge in [-0.2, -0.15) is 0 Å². The second kappa shape index (κ2) is 9.32. The Kier molecular flexibility index (Phi) is 6.08. The minimum atomic E-state index is -4.72. The van der Waals surface area contributed by atoms with Crippen molar-refractivity contribution >= 4 is 17.0 Å². The first kappa shape index (κ1) is 22.2. The van der Waals surface area contributed by atoms with Crippen molar-refractivity contribution in [2.75, 3.05) is 5.32 Å². The van der Waals surface area contributed by atoms with Gasteiger partial charge in [-0.05, 0) is 42.7 Å². The number of nitrogens with zero attached hydrogens (tertiary/aromatic N) is 3. The van der Waals surface area contributed by atoms with Gasteiger partial charge in [0.25, 0.3) is 0 Å². The third-order valence-corrected chi connectivity index (χ3v) is 6.07. The number of halogens is 3. The SMILES string of the molecule is FC(F)(F)Oc1ccc(-c2cnc3[nH]cc(-c4ccnc(NC5CCCCCC5)n4)c3c2)cc1. The molecule has 1 aliphatic carbocycles. The van der Waals surface area contributed by atoms with Crippen LogP contribution < -0.4 is 10.1 Å². The van der Waals surface area contributed by atoms with E-state index in [0.717, 1.165) is 40.6 Å². The molecule has 176 valence electrons. The van der Waals surface area contributed by atoms with E-state index in [1.807, 2.05) is 18.3 Å². The van der Waals surface area contributed by atoms with Gasteiger partial charge in [-0.1, -0.05) is 37.8 Å². The molecule has 1 aliphatic rings. The summed E-state index contributed by atoms with van der Waals surface area (Å²) < 4.78 is 41.3. The second-order valence-corrected chi connectivity index (χ2v) is 8.49. The van der Waals surface area contributed by atoms with Crippen LogP contribution in [0.25, 0.3) is 33.4 Å². The van der Waals surface area contributed by atoms with Crippen molar-refractivity contribution in [1.82, 2.24) is 19.9 Å². The monoisotopic (exact) mass is 467 g/mol. The Balaban J connectivity index is 1.41. The summed E-state index contributed by atoms with van der Waals surface area (Å²) in [4.78, 5) is 16.8. The lowest BCUT2D eigenvalue weighted by Crippen LogP contribution is -2.19. The van der Waals surface area contributed by atoms with Crippen LogP contribution >= 0.6 is 0 Å². The van der Waals surface area contributed by atoms with Crippen LogP contribution in [0.4, 0.5) is 19.1 Å². The van der Waals surface area contributed by atoms with E-state index in [2.05, 4.69) is 25.0 Å². The first-order chi connectivity index (χ1) is 16.4. The van der Waals surface area contributed by atoms with E-state index >= 15 is 0 Å². The van der Waals surface area contributed by atoms with E-state index in [-0.39, 0.29) is 5.75 Å². The molecule has 3 heterocycles. The van der Waals surface area contributed by atoms with Crippen molar-refractivity contribution in [2.24, 2.45) is 0 Å². The Morgan fingerprint density at radius 3 is 2.44 bits per heavy atom. The highest BCUT2D eigenvalue weighted by molar-refractivity contribution is 5.95. The van der Waals surface area contributed by atoms with Crippen LogP contribution in [0.2, 0.25) is 0 Å². The van der Waals surface area contributed by atoms with Gasteiger partial charge in [0.15, 0.2) is 0 Å². The predicted molar refractivity (Wildman–Crippen MR) is 124 cm³/mol. The molecule has 0 unspecified atom stereocenters. The molecule has 4 aromatic rings. The summed E-state index contributed by atoms with van der Waals surface area (Å²) >= 11 is 0. The Labute approximate surface area is 194 Å². The molecule has 5 rings (SSSR count). The number of pyridine rings is 1. The summed E-state index contributed by atoms with van der Waals surface area (Å²) in [6.45, 7) is 0. The molecule has 3 aromatic heterocycles. The van der Waals surface area contributed by atoms with Crippen LogP contribution in [0.15, 0.2) is 55.0 Å². The third kappa shape index (κ3) is 5.13. The number of hydrogen-bond donors (Lipinski definition) is 2. The molecule has 0 saturated heterocycles. The van der Waals surface area contributed by atoms with Crippen LogP contribution in [-0.4, -0.2) is 32.3 Å². The molecule has 0 spiro atoms. The summed E-state index contributed by atoms with van der Waals surface area (Å²) in [5, 5.41) is 4.36. The van der Waals surface area contributed by atoms with Gasteiger partial charge in [0.1, 0.15) is 11.4 Å². The summed E-state index contributed by atoms with van der Waals surface area (Å²) in [5.41, 5.74) is 3.86. The smallest absolute Gasteiger partial charge is 0.406 e. The van der Waals surface area contributed by atoms with Crippen LogP contribution in [0, 0.1) is 0 Å². The molecule has 2 N–H and O–H groups in total. The number of alkyl halides is 3. The minimum absolute atomic E-state index is 0.262. The lowest BCUT2D eigenvalue weighted by atomic mass is 10.0. The fraction of sp³-hybridized carbons (Fsp3) is 0.320. The molecule has 0 aliphatic heterocycles. The highest BCUT2D eigenvalue weighted by Gasteiger charge is 2.31. The third-order valence-electron chi connectivity index (χ3n) is 6.07. The summed E-state index contributed by atoms with van der Waals surface area (Å²) in [5.74, 6) is 0.352. The van der Waals surface area contributed by atoms with Gasteiger partial charge < -0.3 is 15.0 Å². The molecular formula is C25H24F3N5O. The maximum absolute atomic E-state index is 12.4. The van der Waals surface area contributed by atoms with E-state index < -0.39 is 6.36 Å². The molecule has 1 aromatic carbocycles. The molecule has 0 amide bonds. The van der Waals surface area contributed by atoms with Gasteiger partial charge in [0.05, 0.1) is 5.69 Å². The van der Waals surface area contributed by atoms with Crippen molar-refractivity contribution < 1.29 is 17.9 Å². The van der Waals surface area contributed by atoms with E-state index in [1.54, 1.807) is 24.5 Å². The second-order valence-electron chi connectivity index (χ2n) is 8.49. The molecule has 34 heavy (non-hydrogen) atoms. The maximum Gasteiger partial charge on any atom is 0.573 e. The molecule has 0 atom stereocenters. The molecule has 0 radical (unpaired) electrons. The highest BCUT2D eigenvalue weighted by atomic mass is 19.4. The first-order valence-corrected chi connectivity index (χ1v) is 11.4. The van der Waals surface area contributed by atoms with Gasteiger partial charge in [-0.3, -0.25) is 0 Å². The fourth-order valence-electron chi connectivity index (χ4n) is 4.41. The van der Waals surface area contributed by atoms with Gasteiger partial charge in [0.2, 0.25) is 5.95 Å². The largest absolute Gasteiger partial charge is 0.573 e. The van der Waals surface area contributed by atoms with Gasteiger partial charge in [0, 0.05) is 41.1 Å². The molecule has 1 fully saturated rings. The van der Waals surface area contributed by atoms with Crippen LogP contribution in [0.3, 0.4) is 0 Å². The number of H-pyrrole nitrogens is 1. The van der Waals surface area contributed by atoms with Gasteiger partial charge >= 0.3 is 6.36 Å². The van der Waals surface area contributed by atoms with Gasteiger partial charge in [-0.15, -0.1) is 13.2 Å². The number of anilines is 1. The number of benzene rings is 1. The number of fused-ring (bicyclic) bond motifs is 1. The lowest BCUT2D eigenvalue weighted by Gasteiger charge is -2.16. The number of aromatic nitrogens is 4. The lowest BCUT2D eigenvalue weighted by molar-refractivity contribution is -0.274. The molecule has 0 bridgehead atoms. The minimum Gasteiger partial charge on any atom is -0.406 e. The Morgan fingerprint density at radius 1 is 0.941 bits per heavy atom. The Morgan fingerprint density at radius 2 is 1.71 bits per heavy atom. The Hall–Kier alpha value is -3.62. The quantitative estimate of drug-likeness (QED) is 0.319. The molecule has 9 heteroatoms. The average molecular weight is 467 g/mol. The predicted octanol–water partition coefficient (Wildman–Crippen LogP) is 6.72. The van der Waals surface area contributed by atoms with Crippen molar-refractivity contribution in [3.63, 3.8) is 0 Å². The van der Waals surface area contributed by atoms with E-state index in [1.165, 1.54) is 37.8 Å². The summed E-state index contributed by atoms with van der Waals surface area (Å²) in [6, 6.07) is 9.94. The van der Waals surface area contributed by atoms with Crippen molar-refractivity contribution in [3.8, 4) is 28.1 Å². The zero-order valence-electron chi connectivity index (χ0n) is 18.4. The van der Waals surface area contributed by atoms with Crippen LogP contribution in [0.5, 0.6) is 5.75 Å². The van der Waals surface area contributed by atoms with Crippen LogP contribution in [-0.2, 0) is 0 Å². The number of aromatic amines is 1. The normalized spacial score (nSPS) is 15.3. The van der Waals surface area contributed by atoms with E-state index in [4.69, 9.17) is 4.98 Å². The molecular weight excluding hydrogens is 443 g/mol. The summed E-state index contributed by atoms with van der Waals surface area (Å²) in [7, 11) is 0. The maximum atomic E-state index is 12.4. The zero-order chi connectivity index (χ0) is 23.5. The van der Waals surface area contributed by atoms with Crippen molar-refractivity contribution in [1.29, 1.82) is 0 Å².